The van der Waals surface area contributed by atoms with Crippen LogP contribution < -0.4 is 11.1 Å². The van der Waals surface area contributed by atoms with Gasteiger partial charge in [-0.25, -0.2) is 9.59 Å². The van der Waals surface area contributed by atoms with E-state index in [0.717, 1.165) is 9.10 Å². The molecule has 0 fully saturated rings. The molecule has 4 aromatic rings. The van der Waals surface area contributed by atoms with Gasteiger partial charge in [-0.15, -0.1) is 11.3 Å². The summed E-state index contributed by atoms with van der Waals surface area (Å²) in [6.45, 7) is 2.34. The van der Waals surface area contributed by atoms with Crippen LogP contribution in [0.1, 0.15) is 33.6 Å². The Balaban J connectivity index is 1.19. The minimum absolute atomic E-state index is 0.0117. The molecule has 3 aromatic carbocycles. The topological polar surface area (TPSA) is 90.6 Å². The zero-order chi connectivity index (χ0) is 25.1. The molecule has 5 rings (SSSR count). The Hall–Kier alpha value is -3.75. The Labute approximate surface area is 217 Å². The van der Waals surface area contributed by atoms with Crippen molar-refractivity contribution < 1.29 is 19.1 Å². The molecule has 6 nitrogen and oxygen atoms in total. The van der Waals surface area contributed by atoms with Crippen LogP contribution in [0, 0.1) is 0 Å². The van der Waals surface area contributed by atoms with Gasteiger partial charge in [0.15, 0.2) is 0 Å². The van der Waals surface area contributed by atoms with Crippen LogP contribution in [0.5, 0.6) is 0 Å². The van der Waals surface area contributed by atoms with Crippen LogP contribution in [0.25, 0.3) is 11.1 Å². The number of anilines is 2. The quantitative estimate of drug-likeness (QED) is 0.257. The van der Waals surface area contributed by atoms with Crippen LogP contribution in [0.4, 0.5) is 16.2 Å². The van der Waals surface area contributed by atoms with Gasteiger partial charge in [-0.05, 0) is 59.5 Å². The molecule has 0 spiro atoms. The van der Waals surface area contributed by atoms with Crippen LogP contribution in [-0.2, 0) is 9.47 Å². The average Bonchev–Trinajstić information content (AvgIpc) is 3.42. The van der Waals surface area contributed by atoms with Gasteiger partial charge in [0.2, 0.25) is 0 Å². The van der Waals surface area contributed by atoms with Crippen LogP contribution >= 0.6 is 23.1 Å². The highest BCUT2D eigenvalue weighted by Gasteiger charge is 2.29. The van der Waals surface area contributed by atoms with Gasteiger partial charge in [0.05, 0.1) is 16.5 Å². The molecule has 0 unspecified atom stereocenters. The summed E-state index contributed by atoms with van der Waals surface area (Å²) in [6.07, 6.45) is -0.501. The van der Waals surface area contributed by atoms with E-state index in [1.54, 1.807) is 25.1 Å². The van der Waals surface area contributed by atoms with Gasteiger partial charge in [0.1, 0.15) is 11.5 Å². The highest BCUT2D eigenvalue weighted by molar-refractivity contribution is 8.01. The number of benzene rings is 3. The number of esters is 1. The molecule has 0 saturated heterocycles. The Morgan fingerprint density at radius 2 is 1.58 bits per heavy atom. The first-order valence-corrected chi connectivity index (χ1v) is 13.1. The maximum atomic E-state index is 12.5. The molecular weight excluding hydrogens is 492 g/mol. The molecule has 3 N–H and O–H groups in total. The van der Waals surface area contributed by atoms with Crippen LogP contribution in [0.3, 0.4) is 0 Å². The predicted octanol–water partition coefficient (Wildman–Crippen LogP) is 7.02. The number of nitrogens with one attached hydrogen (secondary N) is 1. The smallest absolute Gasteiger partial charge is 0.411 e. The molecule has 1 aromatic heterocycles. The van der Waals surface area contributed by atoms with Crippen molar-refractivity contribution in [1.29, 1.82) is 0 Å². The van der Waals surface area contributed by atoms with E-state index >= 15 is 0 Å². The second-order valence-corrected chi connectivity index (χ2v) is 10.5. The first-order valence-electron chi connectivity index (χ1n) is 11.5. The Kier molecular flexibility index (Phi) is 6.97. The molecule has 1 aliphatic rings. The van der Waals surface area contributed by atoms with Gasteiger partial charge >= 0.3 is 12.1 Å². The minimum atomic E-state index is -0.501. The fraction of sp³-hybridized carbons (Fsp3) is 0.143. The summed E-state index contributed by atoms with van der Waals surface area (Å²) in [6, 6.07) is 25.5. The fourth-order valence-electron chi connectivity index (χ4n) is 4.24. The van der Waals surface area contributed by atoms with Crippen molar-refractivity contribution in [1.82, 2.24) is 0 Å². The van der Waals surface area contributed by atoms with E-state index in [2.05, 4.69) is 29.6 Å². The van der Waals surface area contributed by atoms with Crippen LogP contribution in [0.2, 0.25) is 0 Å². The van der Waals surface area contributed by atoms with Gasteiger partial charge in [-0.2, -0.15) is 0 Å². The predicted molar refractivity (Wildman–Crippen MR) is 144 cm³/mol. The first kappa shape index (κ1) is 24.0. The number of fused-ring (bicyclic) bond motifs is 3. The number of ether oxygens (including phenoxy) is 2. The highest BCUT2D eigenvalue weighted by atomic mass is 32.2. The summed E-state index contributed by atoms with van der Waals surface area (Å²) in [7, 11) is 0. The summed E-state index contributed by atoms with van der Waals surface area (Å²) < 4.78 is 11.5. The van der Waals surface area contributed by atoms with Crippen molar-refractivity contribution in [2.45, 2.75) is 21.9 Å². The standard InChI is InChI=1S/C28H24N2O4S2/c1-2-33-26(31)25-15-24(29)27(36-25)35-18-13-11-17(12-14-18)30-28(32)34-16-23-21-9-5-3-7-19(21)20-8-4-6-10-22(20)23/h3-15,23H,2,16,29H2,1H3,(H,30,32). The van der Waals surface area contributed by atoms with E-state index in [1.165, 1.54) is 45.4 Å². The molecule has 1 heterocycles. The number of hydrogen-bond acceptors (Lipinski definition) is 7. The normalized spacial score (nSPS) is 12.0. The zero-order valence-corrected chi connectivity index (χ0v) is 21.2. The number of amides is 1. The lowest BCUT2D eigenvalue weighted by atomic mass is 9.98. The molecule has 0 atom stereocenters. The molecule has 36 heavy (non-hydrogen) atoms. The van der Waals surface area contributed by atoms with E-state index in [-0.39, 0.29) is 18.5 Å². The molecule has 1 aliphatic carbocycles. The molecule has 8 heteroatoms. The lowest BCUT2D eigenvalue weighted by molar-refractivity contribution is 0.0532. The number of hydrogen-bond donors (Lipinski definition) is 2. The summed E-state index contributed by atoms with van der Waals surface area (Å²) in [5.74, 6) is -0.360. The second-order valence-electron chi connectivity index (χ2n) is 8.15. The summed E-state index contributed by atoms with van der Waals surface area (Å²) in [5, 5.41) is 2.80. The van der Waals surface area contributed by atoms with Gasteiger partial charge in [-0.3, -0.25) is 5.32 Å². The molecule has 1 amide bonds. The fourth-order valence-corrected chi connectivity index (χ4v) is 6.33. The zero-order valence-electron chi connectivity index (χ0n) is 19.5. The molecule has 0 saturated carbocycles. The maximum absolute atomic E-state index is 12.5. The van der Waals surface area contributed by atoms with Gasteiger partial charge in [-0.1, -0.05) is 60.3 Å². The van der Waals surface area contributed by atoms with E-state index in [9.17, 15) is 9.59 Å². The van der Waals surface area contributed by atoms with Crippen LogP contribution in [0.15, 0.2) is 88.0 Å². The van der Waals surface area contributed by atoms with Gasteiger partial charge in [0.25, 0.3) is 0 Å². The maximum Gasteiger partial charge on any atom is 0.411 e. The SMILES string of the molecule is CCOC(=O)c1cc(N)c(Sc2ccc(NC(=O)OCC3c4ccccc4-c4ccccc43)cc2)s1. The number of carbonyl (C=O) groups excluding carboxylic acids is 2. The lowest BCUT2D eigenvalue weighted by Gasteiger charge is -2.14. The largest absolute Gasteiger partial charge is 0.462 e. The monoisotopic (exact) mass is 516 g/mol. The molecule has 0 radical (unpaired) electrons. The third-order valence-electron chi connectivity index (χ3n) is 5.86. The minimum Gasteiger partial charge on any atom is -0.462 e. The number of nitrogens with two attached hydrogens (primary N) is 1. The van der Waals surface area contributed by atoms with Crippen molar-refractivity contribution in [3.63, 3.8) is 0 Å². The molecule has 0 bridgehead atoms. The summed E-state index contributed by atoms with van der Waals surface area (Å²) >= 11 is 2.75. The third-order valence-corrected chi connectivity index (χ3v) is 8.21. The van der Waals surface area contributed by atoms with Crippen molar-refractivity contribution in [3.8, 4) is 11.1 Å². The summed E-state index contributed by atoms with van der Waals surface area (Å²) in [5.41, 5.74) is 12.0. The van der Waals surface area contributed by atoms with E-state index in [4.69, 9.17) is 15.2 Å². The van der Waals surface area contributed by atoms with E-state index in [1.807, 2.05) is 36.4 Å². The summed E-state index contributed by atoms with van der Waals surface area (Å²) in [4.78, 5) is 25.9. The van der Waals surface area contributed by atoms with Crippen LogP contribution in [-0.4, -0.2) is 25.3 Å². The van der Waals surface area contributed by atoms with E-state index in [0.29, 0.717) is 22.9 Å². The molecular formula is C28H24N2O4S2. The van der Waals surface area contributed by atoms with Crippen molar-refractivity contribution in [2.24, 2.45) is 0 Å². The molecule has 182 valence electrons. The van der Waals surface area contributed by atoms with Gasteiger partial charge < -0.3 is 15.2 Å². The van der Waals surface area contributed by atoms with Gasteiger partial charge in [0, 0.05) is 16.5 Å². The highest BCUT2D eigenvalue weighted by Crippen LogP contribution is 2.44. The Morgan fingerprint density at radius 1 is 0.944 bits per heavy atom. The lowest BCUT2D eigenvalue weighted by Crippen LogP contribution is -2.17. The number of nitrogen functional groups attached to an aromatic ring is 1. The number of rotatable bonds is 7. The van der Waals surface area contributed by atoms with Crippen molar-refractivity contribution >= 4 is 46.5 Å². The van der Waals surface area contributed by atoms with Crippen molar-refractivity contribution in [3.05, 3.63) is 94.9 Å². The number of carbonyl (C=O) groups is 2. The number of thiophene rings is 1. The average molecular weight is 517 g/mol. The molecule has 0 aliphatic heterocycles. The Morgan fingerprint density at radius 3 is 2.22 bits per heavy atom. The third kappa shape index (κ3) is 4.96. The van der Waals surface area contributed by atoms with Crippen molar-refractivity contribution in [2.75, 3.05) is 24.3 Å². The Bertz CT molecular complexity index is 1370. The first-order chi connectivity index (χ1) is 17.5. The second kappa shape index (κ2) is 10.5. The van der Waals surface area contributed by atoms with E-state index < -0.39 is 6.09 Å².